The van der Waals surface area contributed by atoms with Gasteiger partial charge in [-0.25, -0.2) is 0 Å². The zero-order chi connectivity index (χ0) is 8.97. The first-order chi connectivity index (χ1) is 5.72. The van der Waals surface area contributed by atoms with Gasteiger partial charge in [0, 0.05) is 13.1 Å². The normalized spacial score (nSPS) is 17.2. The van der Waals surface area contributed by atoms with Crippen LogP contribution in [0.4, 0.5) is 0 Å². The molecule has 0 radical (unpaired) electrons. The van der Waals surface area contributed by atoms with Crippen molar-refractivity contribution in [3.63, 3.8) is 0 Å². The van der Waals surface area contributed by atoms with Crippen LogP contribution in [0, 0.1) is 0 Å². The van der Waals surface area contributed by atoms with Crippen molar-refractivity contribution in [2.45, 2.75) is 18.9 Å². The molecule has 0 aliphatic heterocycles. The van der Waals surface area contributed by atoms with Crippen LogP contribution in [0.1, 0.15) is 12.8 Å². The van der Waals surface area contributed by atoms with Crippen molar-refractivity contribution in [1.82, 2.24) is 10.6 Å². The summed E-state index contributed by atoms with van der Waals surface area (Å²) in [6, 6.07) is 0.402. The summed E-state index contributed by atoms with van der Waals surface area (Å²) in [6.07, 6.45) is 2.20. The highest BCUT2D eigenvalue weighted by Crippen LogP contribution is 2.17. The number of amides is 1. The fraction of sp³-hybridized carbons (Fsp3) is 0.714. The Hall–Kier alpha value is -1.26. The van der Waals surface area contributed by atoms with E-state index in [1.54, 1.807) is 7.05 Å². The van der Waals surface area contributed by atoms with Gasteiger partial charge in [-0.2, -0.15) is 0 Å². The van der Waals surface area contributed by atoms with Gasteiger partial charge in [0.25, 0.3) is 0 Å². The van der Waals surface area contributed by atoms with Crippen LogP contribution in [0.25, 0.3) is 0 Å². The Kier molecular flexibility index (Phi) is 2.90. The van der Waals surface area contributed by atoms with Crippen LogP contribution in [0.5, 0.6) is 0 Å². The minimum atomic E-state index is -0.0240. The molecular formula is C7H14N4O. The number of hydrogen-bond donors (Lipinski definition) is 3. The van der Waals surface area contributed by atoms with Crippen LogP contribution in [0.2, 0.25) is 0 Å². The van der Waals surface area contributed by atoms with E-state index in [1.165, 1.54) is 0 Å². The number of carbonyl (C=O) groups excluding carboxylic acids is 1. The molecule has 1 saturated carbocycles. The molecule has 0 aromatic heterocycles. The molecule has 1 rings (SSSR count). The van der Waals surface area contributed by atoms with E-state index >= 15 is 0 Å². The predicted octanol–water partition coefficient (Wildman–Crippen LogP) is -1.20. The van der Waals surface area contributed by atoms with Crippen LogP contribution in [-0.2, 0) is 4.79 Å². The van der Waals surface area contributed by atoms with Gasteiger partial charge in [0.1, 0.15) is 0 Å². The third-order valence-corrected chi connectivity index (χ3v) is 1.61. The molecule has 1 aliphatic rings. The highest BCUT2D eigenvalue weighted by molar-refractivity contribution is 5.85. The maximum Gasteiger partial charge on any atom is 0.239 e. The molecule has 1 amide bonds. The van der Waals surface area contributed by atoms with E-state index in [1.807, 2.05) is 0 Å². The first-order valence-electron chi connectivity index (χ1n) is 3.98. The Morgan fingerprint density at radius 3 is 2.83 bits per heavy atom. The van der Waals surface area contributed by atoms with Gasteiger partial charge in [-0.3, -0.25) is 9.79 Å². The summed E-state index contributed by atoms with van der Waals surface area (Å²) in [5.41, 5.74) is 5.33. The van der Waals surface area contributed by atoms with Crippen LogP contribution in [0.3, 0.4) is 0 Å². The fourth-order valence-corrected chi connectivity index (χ4v) is 0.756. The SMILES string of the molecule is CN=C(N)NCC(=O)NC1CC1. The summed E-state index contributed by atoms with van der Waals surface area (Å²) in [6.45, 7) is 0.208. The standard InChI is InChI=1S/C7H14N4O/c1-9-7(8)10-4-6(12)11-5-2-3-5/h5H,2-4H2,1H3,(H,11,12)(H3,8,9,10). The summed E-state index contributed by atoms with van der Waals surface area (Å²) in [5, 5.41) is 5.50. The molecule has 0 aromatic rings. The van der Waals surface area contributed by atoms with Crippen molar-refractivity contribution >= 4 is 11.9 Å². The minimum Gasteiger partial charge on any atom is -0.370 e. The summed E-state index contributed by atoms with van der Waals surface area (Å²) >= 11 is 0. The van der Waals surface area contributed by atoms with Crippen LogP contribution >= 0.6 is 0 Å². The van der Waals surface area contributed by atoms with E-state index in [-0.39, 0.29) is 12.5 Å². The van der Waals surface area contributed by atoms with E-state index in [2.05, 4.69) is 15.6 Å². The lowest BCUT2D eigenvalue weighted by atomic mass is 10.5. The molecule has 0 unspecified atom stereocenters. The van der Waals surface area contributed by atoms with E-state index in [4.69, 9.17) is 5.73 Å². The van der Waals surface area contributed by atoms with Gasteiger partial charge < -0.3 is 16.4 Å². The Morgan fingerprint density at radius 2 is 2.33 bits per heavy atom. The lowest BCUT2D eigenvalue weighted by Crippen LogP contribution is -2.40. The Labute approximate surface area is 71.4 Å². The second kappa shape index (κ2) is 3.94. The summed E-state index contributed by atoms with van der Waals surface area (Å²) in [4.78, 5) is 14.7. The summed E-state index contributed by atoms with van der Waals surface area (Å²) in [7, 11) is 1.57. The average Bonchev–Trinajstić information content (AvgIpc) is 2.84. The molecule has 0 bridgehead atoms. The molecule has 0 heterocycles. The molecular weight excluding hydrogens is 156 g/mol. The molecule has 5 heteroatoms. The monoisotopic (exact) mass is 170 g/mol. The van der Waals surface area contributed by atoms with Gasteiger partial charge in [-0.1, -0.05) is 0 Å². The number of guanidine groups is 1. The molecule has 1 fully saturated rings. The molecule has 5 nitrogen and oxygen atoms in total. The van der Waals surface area contributed by atoms with Gasteiger partial charge in [0.05, 0.1) is 6.54 Å². The molecule has 0 aromatic carbocycles. The largest absolute Gasteiger partial charge is 0.370 e. The predicted molar refractivity (Wildman–Crippen MR) is 46.7 cm³/mol. The van der Waals surface area contributed by atoms with Crippen molar-refractivity contribution in [1.29, 1.82) is 0 Å². The number of aliphatic imine (C=N–C) groups is 1. The topological polar surface area (TPSA) is 79.5 Å². The summed E-state index contributed by atoms with van der Waals surface area (Å²) in [5.74, 6) is 0.269. The van der Waals surface area contributed by atoms with Crippen molar-refractivity contribution < 1.29 is 4.79 Å². The molecule has 0 atom stereocenters. The zero-order valence-electron chi connectivity index (χ0n) is 7.13. The first-order valence-corrected chi connectivity index (χ1v) is 3.98. The van der Waals surface area contributed by atoms with Crippen LogP contribution < -0.4 is 16.4 Å². The van der Waals surface area contributed by atoms with Gasteiger partial charge >= 0.3 is 0 Å². The molecule has 1 aliphatic carbocycles. The molecule has 0 spiro atoms. The number of nitrogens with one attached hydrogen (secondary N) is 2. The second-order valence-corrected chi connectivity index (χ2v) is 2.80. The summed E-state index contributed by atoms with van der Waals surface area (Å²) < 4.78 is 0. The third kappa shape index (κ3) is 3.23. The van der Waals surface area contributed by atoms with Crippen LogP contribution in [-0.4, -0.2) is 31.5 Å². The second-order valence-electron chi connectivity index (χ2n) is 2.80. The maximum absolute atomic E-state index is 11.0. The van der Waals surface area contributed by atoms with E-state index < -0.39 is 0 Å². The maximum atomic E-state index is 11.0. The number of rotatable bonds is 3. The number of carbonyl (C=O) groups is 1. The fourth-order valence-electron chi connectivity index (χ4n) is 0.756. The van der Waals surface area contributed by atoms with Crippen molar-refractivity contribution in [2.24, 2.45) is 10.7 Å². The van der Waals surface area contributed by atoms with Crippen molar-refractivity contribution in [3.8, 4) is 0 Å². The molecule has 68 valence electrons. The number of nitrogens with two attached hydrogens (primary N) is 1. The third-order valence-electron chi connectivity index (χ3n) is 1.61. The zero-order valence-corrected chi connectivity index (χ0v) is 7.13. The first kappa shape index (κ1) is 8.83. The van der Waals surface area contributed by atoms with Gasteiger partial charge in [-0.05, 0) is 12.8 Å². The molecule has 4 N–H and O–H groups in total. The minimum absolute atomic E-state index is 0.0240. The van der Waals surface area contributed by atoms with Crippen LogP contribution in [0.15, 0.2) is 4.99 Å². The smallest absolute Gasteiger partial charge is 0.239 e. The Balaban J connectivity index is 2.08. The highest BCUT2D eigenvalue weighted by Gasteiger charge is 2.22. The van der Waals surface area contributed by atoms with Gasteiger partial charge in [0.2, 0.25) is 5.91 Å². The van der Waals surface area contributed by atoms with E-state index in [9.17, 15) is 4.79 Å². The lowest BCUT2D eigenvalue weighted by Gasteiger charge is -2.04. The molecule has 12 heavy (non-hydrogen) atoms. The lowest BCUT2D eigenvalue weighted by molar-refractivity contribution is -0.120. The molecule has 0 saturated heterocycles. The van der Waals surface area contributed by atoms with E-state index in [0.717, 1.165) is 12.8 Å². The average molecular weight is 170 g/mol. The number of nitrogens with zero attached hydrogens (tertiary/aromatic N) is 1. The van der Waals surface area contributed by atoms with Crippen molar-refractivity contribution in [3.05, 3.63) is 0 Å². The number of hydrogen-bond acceptors (Lipinski definition) is 2. The van der Waals surface area contributed by atoms with Crippen molar-refractivity contribution in [2.75, 3.05) is 13.6 Å². The van der Waals surface area contributed by atoms with E-state index in [0.29, 0.717) is 12.0 Å². The quantitative estimate of drug-likeness (QED) is 0.367. The van der Waals surface area contributed by atoms with Gasteiger partial charge in [0.15, 0.2) is 5.96 Å². The highest BCUT2D eigenvalue weighted by atomic mass is 16.2. The Bertz CT molecular complexity index is 198. The Morgan fingerprint density at radius 1 is 1.67 bits per heavy atom. The van der Waals surface area contributed by atoms with Gasteiger partial charge in [-0.15, -0.1) is 0 Å².